The van der Waals surface area contributed by atoms with E-state index in [9.17, 15) is 14.4 Å². The van der Waals surface area contributed by atoms with Crippen molar-refractivity contribution < 1.29 is 19.1 Å². The Morgan fingerprint density at radius 1 is 1.07 bits per heavy atom. The molecule has 3 heterocycles. The van der Waals surface area contributed by atoms with Crippen molar-refractivity contribution >= 4 is 45.2 Å². The predicted molar refractivity (Wildman–Crippen MR) is 172 cm³/mol. The molecular weight excluding hydrogens is 624 g/mol. The van der Waals surface area contributed by atoms with Gasteiger partial charge in [-0.3, -0.25) is 14.5 Å². The van der Waals surface area contributed by atoms with Gasteiger partial charge < -0.3 is 15.0 Å². The summed E-state index contributed by atoms with van der Waals surface area (Å²) < 4.78 is 8.46. The molecule has 44 heavy (non-hydrogen) atoms. The Balaban J connectivity index is 1.09. The molecule has 2 aliphatic heterocycles. The third-order valence-electron chi connectivity index (χ3n) is 8.73. The van der Waals surface area contributed by atoms with Crippen LogP contribution in [0.2, 0.25) is 0 Å². The maximum atomic E-state index is 13.5. The van der Waals surface area contributed by atoms with E-state index in [1.807, 2.05) is 80.7 Å². The van der Waals surface area contributed by atoms with Crippen LogP contribution in [0.3, 0.4) is 0 Å². The van der Waals surface area contributed by atoms with E-state index in [0.717, 1.165) is 50.9 Å². The van der Waals surface area contributed by atoms with Crippen LogP contribution in [0.25, 0.3) is 11.3 Å². The highest BCUT2D eigenvalue weighted by Crippen LogP contribution is 2.41. The van der Waals surface area contributed by atoms with Crippen LogP contribution in [-0.4, -0.2) is 57.6 Å². The summed E-state index contributed by atoms with van der Waals surface area (Å²) in [5, 5.41) is 11.9. The fourth-order valence-electron chi connectivity index (χ4n) is 6.61. The van der Waals surface area contributed by atoms with Gasteiger partial charge in [-0.05, 0) is 95.5 Å². The molecule has 6 rings (SSSR count). The Morgan fingerprint density at radius 2 is 1.80 bits per heavy atom. The van der Waals surface area contributed by atoms with Crippen molar-refractivity contribution in [3.8, 4) is 11.3 Å². The van der Waals surface area contributed by atoms with E-state index in [1.165, 1.54) is 0 Å². The van der Waals surface area contributed by atoms with Gasteiger partial charge in [-0.2, -0.15) is 0 Å². The number of benzene rings is 2. The molecule has 0 spiro atoms. The molecule has 1 atom stereocenters. The zero-order chi connectivity index (χ0) is 31.3. The van der Waals surface area contributed by atoms with Gasteiger partial charge in [0.2, 0.25) is 11.8 Å². The van der Waals surface area contributed by atoms with Gasteiger partial charge in [0.25, 0.3) is 0 Å². The highest BCUT2D eigenvalue weighted by atomic mass is 79.9. The number of ether oxygens (including phenoxy) is 1. The van der Waals surface area contributed by atoms with Gasteiger partial charge in [0.1, 0.15) is 17.3 Å². The first kappa shape index (κ1) is 30.3. The summed E-state index contributed by atoms with van der Waals surface area (Å²) in [5.74, 6) is -0.318. The molecule has 1 N–H and O–H groups in total. The van der Waals surface area contributed by atoms with E-state index in [1.54, 1.807) is 4.90 Å². The third-order valence-corrected chi connectivity index (χ3v) is 9.19. The minimum atomic E-state index is -0.591. The Hall–Kier alpha value is -3.73. The van der Waals surface area contributed by atoms with Gasteiger partial charge in [0.05, 0.1) is 17.9 Å². The summed E-state index contributed by atoms with van der Waals surface area (Å²) >= 11 is 3.53. The van der Waals surface area contributed by atoms with Crippen molar-refractivity contribution in [3.05, 3.63) is 57.7 Å². The standard InChI is InChI=1S/C33H39BrN6O4/c1-19-14-23(34)15-20(2)28(19)38-12-7-10-26(31(38)42)35-30(41)22-16-24(17-22)40-18-27(36-37-40)25-9-6-8-21-11-13-39(29(21)25)32(43)44-33(3,4)5/h6,8-9,14-15,18,22,24,26H,7,10-13,16-17H2,1-5H3,(H,35,41). The van der Waals surface area contributed by atoms with Gasteiger partial charge >= 0.3 is 6.09 Å². The van der Waals surface area contributed by atoms with Gasteiger partial charge in [-0.15, -0.1) is 5.10 Å². The SMILES string of the molecule is Cc1cc(Br)cc(C)c1N1CCCC(NC(=O)C2CC(n3cc(-c4cccc5c4N(C(=O)OC(C)(C)C)CC5)nn3)C2)C1=O. The molecule has 1 unspecified atom stereocenters. The number of nitrogens with zero attached hydrogens (tertiary/aromatic N) is 5. The van der Waals surface area contributed by atoms with E-state index < -0.39 is 11.6 Å². The molecule has 3 aliphatic rings. The van der Waals surface area contributed by atoms with Crippen molar-refractivity contribution in [1.29, 1.82) is 0 Å². The molecule has 1 aromatic heterocycles. The average molecular weight is 664 g/mol. The number of hydrogen-bond acceptors (Lipinski definition) is 6. The largest absolute Gasteiger partial charge is 0.443 e. The van der Waals surface area contributed by atoms with E-state index in [0.29, 0.717) is 38.0 Å². The Morgan fingerprint density at radius 3 is 2.50 bits per heavy atom. The predicted octanol–water partition coefficient (Wildman–Crippen LogP) is 5.88. The van der Waals surface area contributed by atoms with Crippen LogP contribution in [-0.2, 0) is 20.7 Å². The number of aryl methyl sites for hydroxylation is 2. The van der Waals surface area contributed by atoms with Crippen LogP contribution in [0.1, 0.15) is 69.2 Å². The lowest BCUT2D eigenvalue weighted by molar-refractivity contribution is -0.133. The molecular formula is C33H39BrN6O4. The molecule has 0 radical (unpaired) electrons. The number of para-hydroxylation sites is 1. The number of carbonyl (C=O) groups excluding carboxylic acids is 3. The maximum Gasteiger partial charge on any atom is 0.414 e. The second-order valence-corrected chi connectivity index (χ2v) is 14.1. The molecule has 11 heteroatoms. The Bertz CT molecular complexity index is 1600. The van der Waals surface area contributed by atoms with Gasteiger partial charge in [-0.1, -0.05) is 39.3 Å². The Labute approximate surface area is 266 Å². The van der Waals surface area contributed by atoms with Crippen molar-refractivity contribution in [3.63, 3.8) is 0 Å². The number of piperidine rings is 1. The number of halogens is 1. The zero-order valence-electron chi connectivity index (χ0n) is 25.9. The summed E-state index contributed by atoms with van der Waals surface area (Å²) in [6.45, 7) is 10.8. The van der Waals surface area contributed by atoms with E-state index in [2.05, 4.69) is 31.6 Å². The summed E-state index contributed by atoms with van der Waals surface area (Å²) in [7, 11) is 0. The molecule has 1 aliphatic carbocycles. The second kappa shape index (κ2) is 11.6. The Kier molecular flexibility index (Phi) is 8.02. The molecule has 3 amide bonds. The van der Waals surface area contributed by atoms with Gasteiger partial charge in [-0.25, -0.2) is 9.48 Å². The van der Waals surface area contributed by atoms with Crippen LogP contribution < -0.4 is 15.1 Å². The lowest BCUT2D eigenvalue weighted by Gasteiger charge is -2.37. The summed E-state index contributed by atoms with van der Waals surface area (Å²) in [5.41, 5.74) is 5.81. The third kappa shape index (κ3) is 5.86. The van der Waals surface area contributed by atoms with Crippen molar-refractivity contribution in [2.24, 2.45) is 5.92 Å². The molecule has 2 aromatic carbocycles. The topological polar surface area (TPSA) is 110 Å². The molecule has 0 bridgehead atoms. The zero-order valence-corrected chi connectivity index (χ0v) is 27.5. The smallest absolute Gasteiger partial charge is 0.414 e. The minimum absolute atomic E-state index is 0.0392. The average Bonchev–Trinajstić information content (AvgIpc) is 3.56. The summed E-state index contributed by atoms with van der Waals surface area (Å²) in [4.78, 5) is 43.2. The number of amides is 3. The van der Waals surface area contributed by atoms with E-state index in [-0.39, 0.29) is 29.9 Å². The number of anilines is 2. The van der Waals surface area contributed by atoms with E-state index >= 15 is 0 Å². The lowest BCUT2D eigenvalue weighted by atomic mass is 9.79. The maximum absolute atomic E-state index is 13.5. The normalized spacial score (nSPS) is 21.6. The van der Waals surface area contributed by atoms with Gasteiger partial charge in [0.15, 0.2) is 0 Å². The fourth-order valence-corrected chi connectivity index (χ4v) is 7.29. The van der Waals surface area contributed by atoms with Gasteiger partial charge in [0, 0.05) is 34.7 Å². The minimum Gasteiger partial charge on any atom is -0.443 e. The number of aromatic nitrogens is 3. The van der Waals surface area contributed by atoms with Crippen LogP contribution in [0.5, 0.6) is 0 Å². The molecule has 232 valence electrons. The summed E-state index contributed by atoms with van der Waals surface area (Å²) in [6.07, 6.45) is 4.99. The number of carbonyl (C=O) groups is 3. The summed E-state index contributed by atoms with van der Waals surface area (Å²) in [6, 6.07) is 9.51. The van der Waals surface area contributed by atoms with Crippen LogP contribution in [0, 0.1) is 19.8 Å². The quantitative estimate of drug-likeness (QED) is 0.365. The van der Waals surface area contributed by atoms with Crippen molar-refractivity contribution in [1.82, 2.24) is 20.3 Å². The first-order valence-corrected chi connectivity index (χ1v) is 16.1. The van der Waals surface area contributed by atoms with E-state index in [4.69, 9.17) is 4.74 Å². The lowest BCUT2D eigenvalue weighted by Crippen LogP contribution is -2.54. The van der Waals surface area contributed by atoms with Crippen LogP contribution in [0.4, 0.5) is 16.2 Å². The molecule has 1 saturated heterocycles. The van der Waals surface area contributed by atoms with Crippen molar-refractivity contribution in [2.45, 2.75) is 84.4 Å². The number of hydrogen-bond donors (Lipinski definition) is 1. The highest BCUT2D eigenvalue weighted by molar-refractivity contribution is 9.10. The van der Waals surface area contributed by atoms with Crippen LogP contribution >= 0.6 is 15.9 Å². The second-order valence-electron chi connectivity index (χ2n) is 13.2. The first-order valence-electron chi connectivity index (χ1n) is 15.3. The van der Waals surface area contributed by atoms with Crippen molar-refractivity contribution in [2.75, 3.05) is 22.9 Å². The first-order chi connectivity index (χ1) is 20.9. The highest BCUT2D eigenvalue weighted by Gasteiger charge is 2.40. The monoisotopic (exact) mass is 662 g/mol. The fraction of sp³-hybridized carbons (Fsp3) is 0.485. The molecule has 1 saturated carbocycles. The number of fused-ring (bicyclic) bond motifs is 1. The molecule has 3 aromatic rings. The molecule has 2 fully saturated rings. The number of nitrogens with one attached hydrogen (secondary N) is 1. The number of rotatable bonds is 5. The molecule has 10 nitrogen and oxygen atoms in total. The van der Waals surface area contributed by atoms with Crippen LogP contribution in [0.15, 0.2) is 41.0 Å².